The summed E-state index contributed by atoms with van der Waals surface area (Å²) in [5.41, 5.74) is 0.863. The van der Waals surface area contributed by atoms with E-state index < -0.39 is 0 Å². The number of likely N-dealkylation sites (tertiary alicyclic amines) is 1. The van der Waals surface area contributed by atoms with Gasteiger partial charge in [-0.1, -0.05) is 19.4 Å². The number of carbonyl (C=O) groups is 2. The summed E-state index contributed by atoms with van der Waals surface area (Å²) in [6.45, 7) is 3.74. The third-order valence-corrected chi connectivity index (χ3v) is 4.65. The van der Waals surface area contributed by atoms with Crippen molar-refractivity contribution in [2.24, 2.45) is 0 Å². The summed E-state index contributed by atoms with van der Waals surface area (Å²) >= 11 is 0. The summed E-state index contributed by atoms with van der Waals surface area (Å²) in [5.74, 6) is 1.21. The van der Waals surface area contributed by atoms with Gasteiger partial charge in [-0.15, -0.1) is 0 Å². The minimum atomic E-state index is -0.251. The van der Waals surface area contributed by atoms with Gasteiger partial charge in [0.05, 0.1) is 27.2 Å². The highest BCUT2D eigenvalue weighted by atomic mass is 16.6. The summed E-state index contributed by atoms with van der Waals surface area (Å²) in [6.07, 6.45) is 3.38. The lowest BCUT2D eigenvalue weighted by Gasteiger charge is -2.31. The number of unbranched alkanes of at least 4 members (excludes halogenated alkanes) is 1. The molecule has 1 aromatic carbocycles. The maximum absolute atomic E-state index is 12.3. The van der Waals surface area contributed by atoms with Crippen LogP contribution in [0.3, 0.4) is 0 Å². The maximum atomic E-state index is 12.3. The van der Waals surface area contributed by atoms with Gasteiger partial charge in [0, 0.05) is 19.1 Å². The third-order valence-electron chi connectivity index (χ3n) is 4.65. The van der Waals surface area contributed by atoms with Crippen molar-refractivity contribution < 1.29 is 23.8 Å². The van der Waals surface area contributed by atoms with Crippen LogP contribution < -0.4 is 14.8 Å². The van der Waals surface area contributed by atoms with Crippen molar-refractivity contribution >= 4 is 12.0 Å². The highest BCUT2D eigenvalue weighted by molar-refractivity contribution is 5.79. The van der Waals surface area contributed by atoms with E-state index in [4.69, 9.17) is 14.2 Å². The van der Waals surface area contributed by atoms with E-state index in [1.807, 2.05) is 12.1 Å². The monoisotopic (exact) mass is 378 g/mol. The van der Waals surface area contributed by atoms with Gasteiger partial charge < -0.3 is 24.4 Å². The van der Waals surface area contributed by atoms with Crippen LogP contribution in [0.5, 0.6) is 11.5 Å². The fourth-order valence-electron chi connectivity index (χ4n) is 3.06. The van der Waals surface area contributed by atoms with E-state index in [9.17, 15) is 9.59 Å². The van der Waals surface area contributed by atoms with E-state index in [0.29, 0.717) is 31.2 Å². The number of nitrogens with zero attached hydrogens (tertiary/aromatic N) is 1. The number of nitrogens with one attached hydrogen (secondary N) is 1. The smallest absolute Gasteiger partial charge is 0.409 e. The van der Waals surface area contributed by atoms with Crippen LogP contribution in [-0.4, -0.2) is 56.9 Å². The Morgan fingerprint density at radius 1 is 1.15 bits per heavy atom. The lowest BCUT2D eigenvalue weighted by Crippen LogP contribution is -2.47. The molecule has 7 heteroatoms. The molecule has 7 nitrogen and oxygen atoms in total. The molecular weight excluding hydrogens is 348 g/mol. The van der Waals surface area contributed by atoms with Crippen LogP contribution in [0.15, 0.2) is 18.2 Å². The molecule has 0 saturated carbocycles. The molecule has 0 atom stereocenters. The molecule has 0 radical (unpaired) electrons. The molecule has 0 spiro atoms. The van der Waals surface area contributed by atoms with Crippen LogP contribution in [0.2, 0.25) is 0 Å². The number of carbonyl (C=O) groups excluding carboxylic acids is 2. The van der Waals surface area contributed by atoms with Gasteiger partial charge in [-0.3, -0.25) is 4.79 Å². The van der Waals surface area contributed by atoms with Gasteiger partial charge in [0.1, 0.15) is 0 Å². The second-order valence-electron chi connectivity index (χ2n) is 6.66. The number of piperidine rings is 1. The van der Waals surface area contributed by atoms with Crippen LogP contribution in [0, 0.1) is 0 Å². The minimum Gasteiger partial charge on any atom is -0.493 e. The third kappa shape index (κ3) is 6.34. The Balaban J connectivity index is 1.77. The van der Waals surface area contributed by atoms with Gasteiger partial charge in [0.15, 0.2) is 11.5 Å². The van der Waals surface area contributed by atoms with Crippen molar-refractivity contribution in [3.05, 3.63) is 23.8 Å². The topological polar surface area (TPSA) is 77.1 Å². The highest BCUT2D eigenvalue weighted by Gasteiger charge is 2.24. The maximum Gasteiger partial charge on any atom is 0.409 e. The molecule has 0 aromatic heterocycles. The Hall–Kier alpha value is -2.44. The number of rotatable bonds is 8. The van der Waals surface area contributed by atoms with Crippen LogP contribution >= 0.6 is 0 Å². The molecule has 150 valence electrons. The first-order valence-electron chi connectivity index (χ1n) is 9.49. The molecule has 1 aromatic rings. The summed E-state index contributed by atoms with van der Waals surface area (Å²) in [6, 6.07) is 5.55. The van der Waals surface area contributed by atoms with Crippen molar-refractivity contribution in [2.45, 2.75) is 45.1 Å². The Morgan fingerprint density at radius 3 is 2.48 bits per heavy atom. The molecule has 27 heavy (non-hydrogen) atoms. The Bertz CT molecular complexity index is 627. The van der Waals surface area contributed by atoms with E-state index in [0.717, 1.165) is 31.2 Å². The zero-order valence-corrected chi connectivity index (χ0v) is 16.5. The van der Waals surface area contributed by atoms with Crippen molar-refractivity contribution in [1.82, 2.24) is 10.2 Å². The molecule has 1 heterocycles. The van der Waals surface area contributed by atoms with Gasteiger partial charge in [-0.25, -0.2) is 4.79 Å². The lowest BCUT2D eigenvalue weighted by atomic mass is 10.0. The van der Waals surface area contributed by atoms with Crippen molar-refractivity contribution in [1.29, 1.82) is 0 Å². The normalized spacial score (nSPS) is 14.6. The zero-order valence-electron chi connectivity index (χ0n) is 16.5. The van der Waals surface area contributed by atoms with Gasteiger partial charge in [-0.05, 0) is 37.0 Å². The number of hydrogen-bond acceptors (Lipinski definition) is 5. The van der Waals surface area contributed by atoms with Gasteiger partial charge in [0.2, 0.25) is 5.91 Å². The Morgan fingerprint density at radius 2 is 1.85 bits per heavy atom. The molecule has 1 aliphatic rings. The molecule has 0 aliphatic carbocycles. The van der Waals surface area contributed by atoms with E-state index in [1.165, 1.54) is 0 Å². The standard InChI is InChI=1S/C20H30N2O5/c1-4-5-12-27-20(24)22-10-8-16(9-11-22)21-19(23)14-15-6-7-17(25-2)18(13-15)26-3/h6-7,13,16H,4-5,8-12,14H2,1-3H3,(H,21,23). The summed E-state index contributed by atoms with van der Waals surface area (Å²) in [5, 5.41) is 3.06. The molecule has 2 amide bonds. The average molecular weight is 378 g/mol. The van der Waals surface area contributed by atoms with E-state index in [-0.39, 0.29) is 24.5 Å². The molecule has 0 unspecified atom stereocenters. The molecule has 1 fully saturated rings. The molecule has 1 aliphatic heterocycles. The van der Waals surface area contributed by atoms with Gasteiger partial charge in [0.25, 0.3) is 0 Å². The first-order valence-corrected chi connectivity index (χ1v) is 9.49. The van der Waals surface area contributed by atoms with Crippen molar-refractivity contribution in [3.63, 3.8) is 0 Å². The van der Waals surface area contributed by atoms with Gasteiger partial charge >= 0.3 is 6.09 Å². The molecule has 1 saturated heterocycles. The fourth-order valence-corrected chi connectivity index (χ4v) is 3.06. The predicted molar refractivity (Wildman–Crippen MR) is 102 cm³/mol. The number of hydrogen-bond donors (Lipinski definition) is 1. The van der Waals surface area contributed by atoms with Gasteiger partial charge in [-0.2, -0.15) is 0 Å². The fraction of sp³-hybridized carbons (Fsp3) is 0.600. The van der Waals surface area contributed by atoms with E-state index >= 15 is 0 Å². The molecule has 0 bridgehead atoms. The first kappa shape index (κ1) is 20.9. The van der Waals surface area contributed by atoms with Crippen molar-refractivity contribution in [2.75, 3.05) is 33.9 Å². The second kappa shape index (κ2) is 10.6. The number of benzene rings is 1. The minimum absolute atomic E-state index is 0.0359. The average Bonchev–Trinajstić information content (AvgIpc) is 2.68. The van der Waals surface area contributed by atoms with Crippen LogP contribution in [-0.2, 0) is 16.0 Å². The van der Waals surface area contributed by atoms with E-state index in [2.05, 4.69) is 12.2 Å². The molecule has 2 rings (SSSR count). The Kier molecular flexibility index (Phi) is 8.23. The number of amides is 2. The zero-order chi connectivity index (χ0) is 19.6. The lowest BCUT2D eigenvalue weighted by molar-refractivity contribution is -0.121. The van der Waals surface area contributed by atoms with Crippen molar-refractivity contribution in [3.8, 4) is 11.5 Å². The van der Waals surface area contributed by atoms with Crippen LogP contribution in [0.25, 0.3) is 0 Å². The van der Waals surface area contributed by atoms with Crippen LogP contribution in [0.4, 0.5) is 4.79 Å². The largest absolute Gasteiger partial charge is 0.493 e. The summed E-state index contributed by atoms with van der Waals surface area (Å²) in [4.78, 5) is 26.0. The molecular formula is C20H30N2O5. The Labute approximate surface area is 161 Å². The summed E-state index contributed by atoms with van der Waals surface area (Å²) < 4.78 is 15.7. The quantitative estimate of drug-likeness (QED) is 0.704. The van der Waals surface area contributed by atoms with E-state index in [1.54, 1.807) is 25.2 Å². The summed E-state index contributed by atoms with van der Waals surface area (Å²) in [7, 11) is 3.15. The second-order valence-corrected chi connectivity index (χ2v) is 6.66. The highest BCUT2D eigenvalue weighted by Crippen LogP contribution is 2.27. The molecule has 1 N–H and O–H groups in total. The number of ether oxygens (including phenoxy) is 3. The van der Waals surface area contributed by atoms with Crippen LogP contribution in [0.1, 0.15) is 38.2 Å². The number of methoxy groups -OCH3 is 2. The first-order chi connectivity index (χ1) is 13.1. The predicted octanol–water partition coefficient (Wildman–Crippen LogP) is 2.76. The SMILES string of the molecule is CCCCOC(=O)N1CCC(NC(=O)Cc2ccc(OC)c(OC)c2)CC1.